The molecule has 1 aliphatic heterocycles. The van der Waals surface area contributed by atoms with E-state index in [1.807, 2.05) is 31.2 Å². The van der Waals surface area contributed by atoms with Gasteiger partial charge in [0.25, 0.3) is 0 Å². The molecule has 2 amide bonds. The molecule has 0 aromatic heterocycles. The zero-order valence-corrected chi connectivity index (χ0v) is 12.1. The number of rotatable bonds is 4. The first kappa shape index (κ1) is 14.8. The van der Waals surface area contributed by atoms with Crippen molar-refractivity contribution < 1.29 is 9.59 Å². The monoisotopic (exact) mass is 295 g/mol. The summed E-state index contributed by atoms with van der Waals surface area (Å²) in [5, 5.41) is 6.52. The quantitative estimate of drug-likeness (QED) is 0.869. The van der Waals surface area contributed by atoms with Gasteiger partial charge in [0.2, 0.25) is 11.8 Å². The number of hydrogen-bond acceptors (Lipinski definition) is 3. The molecular formula is C14H18ClN3O2. The number of hydrogen-bond donors (Lipinski definition) is 2. The lowest BCUT2D eigenvalue weighted by molar-refractivity contribution is -0.137. The van der Waals surface area contributed by atoms with E-state index in [0.717, 1.165) is 5.56 Å². The van der Waals surface area contributed by atoms with Crippen molar-refractivity contribution in [1.82, 2.24) is 15.5 Å². The van der Waals surface area contributed by atoms with E-state index in [0.29, 0.717) is 18.1 Å². The molecule has 2 rings (SSSR count). The van der Waals surface area contributed by atoms with Gasteiger partial charge in [0, 0.05) is 24.2 Å². The van der Waals surface area contributed by atoms with Gasteiger partial charge in [-0.15, -0.1) is 0 Å². The van der Waals surface area contributed by atoms with Crippen molar-refractivity contribution in [2.45, 2.75) is 13.0 Å². The minimum Gasteiger partial charge on any atom is -0.353 e. The molecule has 0 spiro atoms. The molecule has 2 N–H and O–H groups in total. The largest absolute Gasteiger partial charge is 0.353 e. The number of carbonyl (C=O) groups excluding carboxylic acids is 2. The Labute approximate surface area is 123 Å². The highest BCUT2D eigenvalue weighted by atomic mass is 35.5. The summed E-state index contributed by atoms with van der Waals surface area (Å²) in [5.41, 5.74) is 0.957. The third kappa shape index (κ3) is 3.71. The second-order valence-corrected chi connectivity index (χ2v) is 5.20. The summed E-state index contributed by atoms with van der Waals surface area (Å²) in [6.07, 6.45) is 0. The Morgan fingerprint density at radius 1 is 1.50 bits per heavy atom. The van der Waals surface area contributed by atoms with E-state index in [9.17, 15) is 9.59 Å². The zero-order chi connectivity index (χ0) is 14.5. The van der Waals surface area contributed by atoms with Crippen molar-refractivity contribution in [3.63, 3.8) is 0 Å². The highest BCUT2D eigenvalue weighted by Gasteiger charge is 2.21. The fourth-order valence-corrected chi connectivity index (χ4v) is 2.44. The van der Waals surface area contributed by atoms with Crippen molar-refractivity contribution in [2.75, 3.05) is 26.2 Å². The average molecular weight is 296 g/mol. The zero-order valence-electron chi connectivity index (χ0n) is 11.4. The topological polar surface area (TPSA) is 61.4 Å². The van der Waals surface area contributed by atoms with Crippen LogP contribution in [0, 0.1) is 0 Å². The third-order valence-corrected chi connectivity index (χ3v) is 3.67. The molecule has 1 aromatic rings. The lowest BCUT2D eigenvalue weighted by Gasteiger charge is -2.27. The van der Waals surface area contributed by atoms with Crippen LogP contribution in [0.25, 0.3) is 0 Å². The van der Waals surface area contributed by atoms with Crippen LogP contribution in [0.5, 0.6) is 0 Å². The SMILES string of the molecule is C[C@@H](NCC(=O)N1CCNC(=O)C1)c1ccccc1Cl. The van der Waals surface area contributed by atoms with Gasteiger partial charge in [-0.25, -0.2) is 0 Å². The van der Waals surface area contributed by atoms with Gasteiger partial charge in [0.1, 0.15) is 0 Å². The molecule has 1 aliphatic rings. The minimum absolute atomic E-state index is 0.0220. The number of benzene rings is 1. The van der Waals surface area contributed by atoms with Gasteiger partial charge in [-0.1, -0.05) is 29.8 Å². The van der Waals surface area contributed by atoms with Crippen LogP contribution in [0.4, 0.5) is 0 Å². The van der Waals surface area contributed by atoms with Crippen molar-refractivity contribution in [1.29, 1.82) is 0 Å². The molecule has 1 heterocycles. The van der Waals surface area contributed by atoms with Gasteiger partial charge in [0.15, 0.2) is 0 Å². The van der Waals surface area contributed by atoms with Gasteiger partial charge in [-0.2, -0.15) is 0 Å². The molecule has 1 aromatic carbocycles. The molecule has 0 saturated carbocycles. The molecule has 108 valence electrons. The highest BCUT2D eigenvalue weighted by molar-refractivity contribution is 6.31. The Balaban J connectivity index is 1.87. The number of halogens is 1. The molecule has 1 fully saturated rings. The number of piperazine rings is 1. The Morgan fingerprint density at radius 3 is 2.95 bits per heavy atom. The molecule has 0 aliphatic carbocycles. The fourth-order valence-electron chi connectivity index (χ4n) is 2.14. The first-order valence-corrected chi connectivity index (χ1v) is 6.98. The number of amides is 2. The normalized spacial score (nSPS) is 16.7. The summed E-state index contributed by atoms with van der Waals surface area (Å²) >= 11 is 6.11. The Hall–Kier alpha value is -1.59. The van der Waals surface area contributed by atoms with Gasteiger partial charge in [-0.05, 0) is 18.6 Å². The number of nitrogens with zero attached hydrogens (tertiary/aromatic N) is 1. The van der Waals surface area contributed by atoms with Crippen LogP contribution in [-0.2, 0) is 9.59 Å². The van der Waals surface area contributed by atoms with E-state index in [1.54, 1.807) is 4.90 Å². The lowest BCUT2D eigenvalue weighted by Crippen LogP contribution is -2.52. The van der Waals surface area contributed by atoms with Crippen molar-refractivity contribution in [3.05, 3.63) is 34.9 Å². The molecule has 20 heavy (non-hydrogen) atoms. The maximum atomic E-state index is 12.0. The summed E-state index contributed by atoms with van der Waals surface area (Å²) in [5.74, 6) is -0.178. The minimum atomic E-state index is -0.108. The molecule has 0 bridgehead atoms. The molecule has 0 unspecified atom stereocenters. The predicted octanol–water partition coefficient (Wildman–Crippen LogP) is 0.949. The second kappa shape index (κ2) is 6.72. The van der Waals surface area contributed by atoms with Crippen LogP contribution in [-0.4, -0.2) is 42.9 Å². The standard InChI is InChI=1S/C14H18ClN3O2/c1-10(11-4-2-3-5-12(11)15)17-8-14(20)18-7-6-16-13(19)9-18/h2-5,10,17H,6-9H2,1H3,(H,16,19)/t10-/m1/s1. The van der Waals surface area contributed by atoms with Crippen molar-refractivity contribution in [2.24, 2.45) is 0 Å². The van der Waals surface area contributed by atoms with E-state index in [4.69, 9.17) is 11.6 Å². The van der Waals surface area contributed by atoms with Crippen LogP contribution in [0.1, 0.15) is 18.5 Å². The van der Waals surface area contributed by atoms with Crippen LogP contribution in [0.2, 0.25) is 5.02 Å². The molecule has 1 atom stereocenters. The Morgan fingerprint density at radius 2 is 2.25 bits per heavy atom. The Kier molecular flexibility index (Phi) is 4.98. The van der Waals surface area contributed by atoms with Crippen LogP contribution < -0.4 is 10.6 Å². The van der Waals surface area contributed by atoms with E-state index in [2.05, 4.69) is 10.6 Å². The summed E-state index contributed by atoms with van der Waals surface area (Å²) in [7, 11) is 0. The van der Waals surface area contributed by atoms with E-state index in [1.165, 1.54) is 0 Å². The van der Waals surface area contributed by atoms with Gasteiger partial charge in [0.05, 0.1) is 13.1 Å². The summed E-state index contributed by atoms with van der Waals surface area (Å²) < 4.78 is 0. The summed E-state index contributed by atoms with van der Waals surface area (Å²) in [4.78, 5) is 24.8. The molecule has 6 heteroatoms. The van der Waals surface area contributed by atoms with Crippen LogP contribution >= 0.6 is 11.6 Å². The predicted molar refractivity (Wildman–Crippen MR) is 77.5 cm³/mol. The smallest absolute Gasteiger partial charge is 0.239 e. The van der Waals surface area contributed by atoms with E-state index < -0.39 is 0 Å². The maximum Gasteiger partial charge on any atom is 0.239 e. The maximum absolute atomic E-state index is 12.0. The Bertz CT molecular complexity index is 507. The van der Waals surface area contributed by atoms with Crippen molar-refractivity contribution >= 4 is 23.4 Å². The first-order valence-electron chi connectivity index (χ1n) is 6.60. The lowest BCUT2D eigenvalue weighted by atomic mass is 10.1. The fraction of sp³-hybridized carbons (Fsp3) is 0.429. The van der Waals surface area contributed by atoms with Crippen LogP contribution in [0.15, 0.2) is 24.3 Å². The highest BCUT2D eigenvalue weighted by Crippen LogP contribution is 2.21. The number of carbonyl (C=O) groups is 2. The molecule has 1 saturated heterocycles. The molecule has 5 nitrogen and oxygen atoms in total. The number of nitrogens with one attached hydrogen (secondary N) is 2. The van der Waals surface area contributed by atoms with Gasteiger partial charge < -0.3 is 15.5 Å². The van der Waals surface area contributed by atoms with Gasteiger partial charge in [-0.3, -0.25) is 9.59 Å². The summed E-state index contributed by atoms with van der Waals surface area (Å²) in [6.45, 7) is 3.37. The molecular weight excluding hydrogens is 278 g/mol. The van der Waals surface area contributed by atoms with E-state index in [-0.39, 0.29) is 30.9 Å². The van der Waals surface area contributed by atoms with Gasteiger partial charge >= 0.3 is 0 Å². The average Bonchev–Trinajstić information content (AvgIpc) is 2.45. The van der Waals surface area contributed by atoms with Crippen LogP contribution in [0.3, 0.4) is 0 Å². The second-order valence-electron chi connectivity index (χ2n) is 4.79. The first-order chi connectivity index (χ1) is 9.58. The van der Waals surface area contributed by atoms with E-state index >= 15 is 0 Å². The summed E-state index contributed by atoms with van der Waals surface area (Å²) in [6, 6.07) is 7.52. The third-order valence-electron chi connectivity index (χ3n) is 3.32. The van der Waals surface area contributed by atoms with Crippen molar-refractivity contribution in [3.8, 4) is 0 Å². The molecule has 0 radical (unpaired) electrons.